The lowest BCUT2D eigenvalue weighted by atomic mass is 10.1. The summed E-state index contributed by atoms with van der Waals surface area (Å²) in [4.78, 5) is 8.88. The van der Waals surface area contributed by atoms with Gasteiger partial charge in [0, 0.05) is 25.4 Å². The first-order valence-electron chi connectivity index (χ1n) is 10.7. The fourth-order valence-corrected chi connectivity index (χ4v) is 2.72. The highest BCUT2D eigenvalue weighted by molar-refractivity contribution is 5.79. The fraction of sp³-hybridized carbons (Fsp3) is 0.591. The molecule has 0 saturated carbocycles. The molecular formula is C22H35N5O3. The normalized spacial score (nSPS) is 13.0. The number of nitrogens with zero attached hydrogens (tertiary/aromatic N) is 3. The maximum absolute atomic E-state index is 10.4. The Balaban J connectivity index is 1.80. The number of ether oxygens (including phenoxy) is 1. The molecule has 1 aromatic heterocycles. The standard InChI is InChI=1S/C22H35N5O3/c1-6-23-22(24-13-7-8-20-26-21(15(2)3)27-30-20)25-14-19(28)17-9-11-18(12-10-17)29-16(4)5/h9-12,15-16,19,28H,6-8,13-14H2,1-5H3,(H2,23,24,25). The number of aliphatic hydroxyl groups excluding tert-OH is 1. The first-order valence-corrected chi connectivity index (χ1v) is 10.7. The molecular weight excluding hydrogens is 382 g/mol. The first kappa shape index (κ1) is 23.7. The Morgan fingerprint density at radius 1 is 1.17 bits per heavy atom. The molecule has 1 unspecified atom stereocenters. The average molecular weight is 418 g/mol. The zero-order chi connectivity index (χ0) is 21.9. The van der Waals surface area contributed by atoms with E-state index in [1.807, 2.05) is 58.9 Å². The minimum atomic E-state index is -0.679. The van der Waals surface area contributed by atoms with E-state index in [4.69, 9.17) is 9.26 Å². The van der Waals surface area contributed by atoms with E-state index in [1.165, 1.54) is 0 Å². The van der Waals surface area contributed by atoms with E-state index in [0.717, 1.165) is 30.1 Å². The van der Waals surface area contributed by atoms with E-state index >= 15 is 0 Å². The Kier molecular flexibility index (Phi) is 9.60. The lowest BCUT2D eigenvalue weighted by Crippen LogP contribution is -2.38. The number of aliphatic imine (C=N–C) groups is 1. The molecule has 0 saturated heterocycles. The Bertz CT molecular complexity index is 771. The Morgan fingerprint density at radius 2 is 1.90 bits per heavy atom. The summed E-state index contributed by atoms with van der Waals surface area (Å²) in [6.45, 7) is 11.8. The third kappa shape index (κ3) is 8.02. The largest absolute Gasteiger partial charge is 0.491 e. The van der Waals surface area contributed by atoms with Crippen LogP contribution in [-0.2, 0) is 6.42 Å². The second-order valence-electron chi connectivity index (χ2n) is 7.70. The van der Waals surface area contributed by atoms with Gasteiger partial charge in [0.05, 0.1) is 18.8 Å². The molecule has 166 valence electrons. The Morgan fingerprint density at radius 3 is 2.50 bits per heavy atom. The summed E-state index contributed by atoms with van der Waals surface area (Å²) < 4.78 is 10.9. The molecule has 0 fully saturated rings. The van der Waals surface area contributed by atoms with Crippen molar-refractivity contribution in [1.82, 2.24) is 20.8 Å². The van der Waals surface area contributed by atoms with Gasteiger partial charge >= 0.3 is 0 Å². The summed E-state index contributed by atoms with van der Waals surface area (Å²) in [7, 11) is 0. The van der Waals surface area contributed by atoms with Gasteiger partial charge in [-0.3, -0.25) is 4.99 Å². The van der Waals surface area contributed by atoms with E-state index < -0.39 is 6.10 Å². The van der Waals surface area contributed by atoms with Crippen molar-refractivity contribution in [2.75, 3.05) is 19.6 Å². The first-order chi connectivity index (χ1) is 14.4. The zero-order valence-electron chi connectivity index (χ0n) is 18.7. The lowest BCUT2D eigenvalue weighted by molar-refractivity contribution is 0.186. The van der Waals surface area contributed by atoms with Crippen molar-refractivity contribution in [3.05, 3.63) is 41.5 Å². The highest BCUT2D eigenvalue weighted by Gasteiger charge is 2.10. The van der Waals surface area contributed by atoms with Crippen molar-refractivity contribution in [1.29, 1.82) is 0 Å². The van der Waals surface area contributed by atoms with Gasteiger partial charge in [0.25, 0.3) is 0 Å². The van der Waals surface area contributed by atoms with Gasteiger partial charge in [0.15, 0.2) is 11.8 Å². The van der Waals surface area contributed by atoms with Crippen LogP contribution in [0.3, 0.4) is 0 Å². The summed E-state index contributed by atoms with van der Waals surface area (Å²) >= 11 is 0. The molecule has 0 aliphatic heterocycles. The van der Waals surface area contributed by atoms with Crippen LogP contribution in [0.2, 0.25) is 0 Å². The van der Waals surface area contributed by atoms with Gasteiger partial charge in [-0.2, -0.15) is 4.98 Å². The summed E-state index contributed by atoms with van der Waals surface area (Å²) in [5.41, 5.74) is 0.808. The van der Waals surface area contributed by atoms with Crippen LogP contribution in [0.15, 0.2) is 33.8 Å². The molecule has 8 heteroatoms. The Hall–Kier alpha value is -2.61. The molecule has 1 aromatic carbocycles. The number of aliphatic hydroxyl groups is 1. The molecule has 2 aromatic rings. The van der Waals surface area contributed by atoms with Gasteiger partial charge in [0.1, 0.15) is 5.75 Å². The van der Waals surface area contributed by atoms with Gasteiger partial charge in [-0.15, -0.1) is 0 Å². The lowest BCUT2D eigenvalue weighted by Gasteiger charge is -2.14. The SMILES string of the molecule is CCNC(=NCC(O)c1ccc(OC(C)C)cc1)NCCCc1nc(C(C)C)no1. The quantitative estimate of drug-likeness (QED) is 0.293. The zero-order valence-corrected chi connectivity index (χ0v) is 18.7. The number of rotatable bonds is 11. The molecule has 0 aliphatic carbocycles. The highest BCUT2D eigenvalue weighted by Crippen LogP contribution is 2.19. The minimum absolute atomic E-state index is 0.121. The van der Waals surface area contributed by atoms with E-state index in [9.17, 15) is 5.11 Å². The number of benzene rings is 1. The van der Waals surface area contributed by atoms with Crippen LogP contribution >= 0.6 is 0 Å². The number of hydrogen-bond donors (Lipinski definition) is 3. The minimum Gasteiger partial charge on any atom is -0.491 e. The number of aromatic nitrogens is 2. The topological polar surface area (TPSA) is 105 Å². The molecule has 1 heterocycles. The second kappa shape index (κ2) is 12.2. The second-order valence-corrected chi connectivity index (χ2v) is 7.70. The summed E-state index contributed by atoms with van der Waals surface area (Å²) in [6.07, 6.45) is 0.987. The van der Waals surface area contributed by atoms with Crippen LogP contribution in [0.25, 0.3) is 0 Å². The van der Waals surface area contributed by atoms with Crippen molar-refractivity contribution in [2.45, 2.75) is 65.6 Å². The molecule has 30 heavy (non-hydrogen) atoms. The predicted molar refractivity (Wildman–Crippen MR) is 118 cm³/mol. The highest BCUT2D eigenvalue weighted by atomic mass is 16.5. The van der Waals surface area contributed by atoms with E-state index in [-0.39, 0.29) is 18.6 Å². The Labute approximate surface area is 179 Å². The van der Waals surface area contributed by atoms with E-state index in [0.29, 0.717) is 24.8 Å². The van der Waals surface area contributed by atoms with Crippen molar-refractivity contribution in [2.24, 2.45) is 4.99 Å². The molecule has 2 rings (SSSR count). The summed E-state index contributed by atoms with van der Waals surface area (Å²) in [5, 5.41) is 20.9. The molecule has 3 N–H and O–H groups in total. The molecule has 0 bridgehead atoms. The van der Waals surface area contributed by atoms with E-state index in [1.54, 1.807) is 0 Å². The monoisotopic (exact) mass is 417 g/mol. The smallest absolute Gasteiger partial charge is 0.226 e. The maximum atomic E-state index is 10.4. The number of aryl methyl sites for hydroxylation is 1. The van der Waals surface area contributed by atoms with Crippen LogP contribution in [-0.4, -0.2) is 46.9 Å². The number of guanidine groups is 1. The molecule has 1 atom stereocenters. The molecule has 0 spiro atoms. The molecule has 0 amide bonds. The van der Waals surface area contributed by atoms with Gasteiger partial charge < -0.3 is 25.0 Å². The fourth-order valence-electron chi connectivity index (χ4n) is 2.72. The van der Waals surface area contributed by atoms with Crippen LogP contribution < -0.4 is 15.4 Å². The van der Waals surface area contributed by atoms with Crippen molar-refractivity contribution in [3.63, 3.8) is 0 Å². The van der Waals surface area contributed by atoms with Gasteiger partial charge in [-0.1, -0.05) is 31.1 Å². The average Bonchev–Trinajstić information content (AvgIpc) is 3.18. The third-order valence-corrected chi connectivity index (χ3v) is 4.26. The maximum Gasteiger partial charge on any atom is 0.226 e. The van der Waals surface area contributed by atoms with Crippen molar-refractivity contribution in [3.8, 4) is 5.75 Å². The van der Waals surface area contributed by atoms with Crippen LogP contribution in [0, 0.1) is 0 Å². The van der Waals surface area contributed by atoms with Crippen LogP contribution in [0.4, 0.5) is 0 Å². The number of nitrogens with one attached hydrogen (secondary N) is 2. The summed E-state index contributed by atoms with van der Waals surface area (Å²) in [5.74, 6) is 3.12. The van der Waals surface area contributed by atoms with Gasteiger partial charge in [-0.25, -0.2) is 0 Å². The van der Waals surface area contributed by atoms with Crippen LogP contribution in [0.5, 0.6) is 5.75 Å². The van der Waals surface area contributed by atoms with Crippen molar-refractivity contribution >= 4 is 5.96 Å². The third-order valence-electron chi connectivity index (χ3n) is 4.26. The van der Waals surface area contributed by atoms with Gasteiger partial charge in [-0.05, 0) is 44.9 Å². The molecule has 8 nitrogen and oxygen atoms in total. The molecule has 0 aliphatic rings. The number of hydrogen-bond acceptors (Lipinski definition) is 6. The van der Waals surface area contributed by atoms with Crippen LogP contribution in [0.1, 0.15) is 70.3 Å². The van der Waals surface area contributed by atoms with E-state index in [2.05, 4.69) is 25.8 Å². The molecule has 0 radical (unpaired) electrons. The van der Waals surface area contributed by atoms with Gasteiger partial charge in [0.2, 0.25) is 5.89 Å². The summed E-state index contributed by atoms with van der Waals surface area (Å²) in [6, 6.07) is 7.48. The predicted octanol–water partition coefficient (Wildman–Crippen LogP) is 3.20. The van der Waals surface area contributed by atoms with Crippen molar-refractivity contribution < 1.29 is 14.4 Å².